The monoisotopic (exact) mass is 277 g/mol. The van der Waals surface area contributed by atoms with Gasteiger partial charge in [-0.1, -0.05) is 0 Å². The molecule has 0 saturated carbocycles. The van der Waals surface area contributed by atoms with Gasteiger partial charge >= 0.3 is 0 Å². The zero-order valence-corrected chi connectivity index (χ0v) is 11.5. The molecule has 0 bridgehead atoms. The molecule has 0 radical (unpaired) electrons. The average molecular weight is 277 g/mol. The molecule has 0 heterocycles. The number of ether oxygens (including phenoxy) is 1. The van der Waals surface area contributed by atoms with E-state index in [1.54, 1.807) is 31.4 Å². The van der Waals surface area contributed by atoms with Crippen molar-refractivity contribution in [3.05, 3.63) is 29.8 Å². The van der Waals surface area contributed by atoms with Crippen LogP contribution in [0.4, 0.5) is 5.69 Å². The molecule has 108 valence electrons. The molecule has 0 unspecified atom stereocenters. The summed E-state index contributed by atoms with van der Waals surface area (Å²) in [6, 6.07) is 8.67. The van der Waals surface area contributed by atoms with Crippen molar-refractivity contribution in [2.45, 2.75) is 0 Å². The predicted octanol–water partition coefficient (Wildman–Crippen LogP) is 0.437. The van der Waals surface area contributed by atoms with Crippen LogP contribution in [0.2, 0.25) is 0 Å². The molecule has 0 aliphatic heterocycles. The second-order valence-electron chi connectivity index (χ2n) is 4.23. The summed E-state index contributed by atoms with van der Waals surface area (Å²) in [5.41, 5.74) is 1.19. The van der Waals surface area contributed by atoms with Crippen LogP contribution in [0.5, 0.6) is 0 Å². The lowest BCUT2D eigenvalue weighted by atomic mass is 10.2. The Kier molecular flexibility index (Phi) is 7.29. The average Bonchev–Trinajstić information content (AvgIpc) is 2.45. The quantitative estimate of drug-likeness (QED) is 0.720. The Hall–Kier alpha value is -1.94. The predicted molar refractivity (Wildman–Crippen MR) is 75.2 cm³/mol. The third-order valence-electron chi connectivity index (χ3n) is 2.69. The molecule has 1 aromatic carbocycles. The van der Waals surface area contributed by atoms with Crippen molar-refractivity contribution < 1.29 is 14.6 Å². The van der Waals surface area contributed by atoms with E-state index < -0.39 is 0 Å². The molecule has 0 fully saturated rings. The Morgan fingerprint density at radius 1 is 1.40 bits per heavy atom. The SMILES string of the molecule is COCCN(CCO)CC(=O)Nc1ccc(C#N)cc1. The number of nitrogens with zero attached hydrogens (tertiary/aromatic N) is 2. The molecule has 0 aliphatic rings. The Balaban J connectivity index is 2.49. The number of benzene rings is 1. The molecule has 2 N–H and O–H groups in total. The van der Waals surface area contributed by atoms with Gasteiger partial charge in [0.25, 0.3) is 0 Å². The summed E-state index contributed by atoms with van der Waals surface area (Å²) < 4.78 is 4.96. The van der Waals surface area contributed by atoms with E-state index >= 15 is 0 Å². The lowest BCUT2D eigenvalue weighted by Gasteiger charge is -2.20. The van der Waals surface area contributed by atoms with Crippen LogP contribution in [0.15, 0.2) is 24.3 Å². The van der Waals surface area contributed by atoms with Crippen LogP contribution in [0.25, 0.3) is 0 Å². The number of nitriles is 1. The number of aliphatic hydroxyl groups is 1. The smallest absolute Gasteiger partial charge is 0.238 e. The first-order chi connectivity index (χ1) is 9.69. The first kappa shape index (κ1) is 16.1. The molecule has 6 heteroatoms. The van der Waals surface area contributed by atoms with Gasteiger partial charge in [-0.05, 0) is 24.3 Å². The van der Waals surface area contributed by atoms with Crippen LogP contribution in [0, 0.1) is 11.3 Å². The lowest BCUT2D eigenvalue weighted by Crippen LogP contribution is -2.37. The van der Waals surface area contributed by atoms with Crippen molar-refractivity contribution in [2.75, 3.05) is 45.3 Å². The Morgan fingerprint density at radius 3 is 2.65 bits per heavy atom. The molecule has 6 nitrogen and oxygen atoms in total. The Bertz CT molecular complexity index is 454. The summed E-state index contributed by atoms with van der Waals surface area (Å²) in [5.74, 6) is -0.167. The zero-order chi connectivity index (χ0) is 14.8. The van der Waals surface area contributed by atoms with Crippen LogP contribution in [0.1, 0.15) is 5.56 Å². The Morgan fingerprint density at radius 2 is 2.10 bits per heavy atom. The minimum Gasteiger partial charge on any atom is -0.395 e. The summed E-state index contributed by atoms with van der Waals surface area (Å²) in [4.78, 5) is 13.7. The van der Waals surface area contributed by atoms with Crippen LogP contribution >= 0.6 is 0 Å². The van der Waals surface area contributed by atoms with Crippen LogP contribution < -0.4 is 5.32 Å². The molecule has 20 heavy (non-hydrogen) atoms. The van der Waals surface area contributed by atoms with Crippen molar-refractivity contribution >= 4 is 11.6 Å². The number of methoxy groups -OCH3 is 1. The van der Waals surface area contributed by atoms with Crippen molar-refractivity contribution in [3.8, 4) is 6.07 Å². The van der Waals surface area contributed by atoms with Gasteiger partial charge in [-0.3, -0.25) is 9.69 Å². The van der Waals surface area contributed by atoms with E-state index in [0.717, 1.165) is 0 Å². The maximum Gasteiger partial charge on any atom is 0.238 e. The van der Waals surface area contributed by atoms with Gasteiger partial charge < -0.3 is 15.2 Å². The summed E-state index contributed by atoms with van der Waals surface area (Å²) in [7, 11) is 1.59. The fourth-order valence-corrected chi connectivity index (χ4v) is 1.66. The van der Waals surface area contributed by atoms with Crippen molar-refractivity contribution in [1.82, 2.24) is 4.90 Å². The minimum absolute atomic E-state index is 0.00609. The molecule has 1 amide bonds. The van der Waals surface area contributed by atoms with Gasteiger partial charge in [0.2, 0.25) is 5.91 Å². The van der Waals surface area contributed by atoms with Gasteiger partial charge in [-0.2, -0.15) is 5.26 Å². The Labute approximate surface area is 118 Å². The summed E-state index contributed by atoms with van der Waals surface area (Å²) >= 11 is 0. The third-order valence-corrected chi connectivity index (χ3v) is 2.69. The van der Waals surface area contributed by atoms with Crippen LogP contribution in [-0.2, 0) is 9.53 Å². The number of hydrogen-bond donors (Lipinski definition) is 2. The fourth-order valence-electron chi connectivity index (χ4n) is 1.66. The largest absolute Gasteiger partial charge is 0.395 e. The van der Waals surface area contributed by atoms with Crippen LogP contribution in [0.3, 0.4) is 0 Å². The highest BCUT2D eigenvalue weighted by molar-refractivity contribution is 5.92. The van der Waals surface area contributed by atoms with Gasteiger partial charge in [0.05, 0.1) is 31.4 Å². The molecule has 0 spiro atoms. The van der Waals surface area contributed by atoms with Gasteiger partial charge in [0.15, 0.2) is 0 Å². The van der Waals surface area contributed by atoms with Crippen LogP contribution in [-0.4, -0.2) is 55.9 Å². The second kappa shape index (κ2) is 9.04. The highest BCUT2D eigenvalue weighted by Crippen LogP contribution is 2.08. The molecule has 1 aromatic rings. The molecule has 1 rings (SSSR count). The number of anilines is 1. The zero-order valence-electron chi connectivity index (χ0n) is 11.5. The topological polar surface area (TPSA) is 85.6 Å². The van der Waals surface area contributed by atoms with Crippen molar-refractivity contribution in [2.24, 2.45) is 0 Å². The number of carbonyl (C=O) groups excluding carboxylic acids is 1. The molecule has 0 aromatic heterocycles. The third kappa shape index (κ3) is 5.80. The van der Waals surface area contributed by atoms with E-state index in [9.17, 15) is 4.79 Å². The molecule has 0 atom stereocenters. The highest BCUT2D eigenvalue weighted by atomic mass is 16.5. The number of nitrogens with one attached hydrogen (secondary N) is 1. The first-order valence-corrected chi connectivity index (χ1v) is 6.31. The molecular weight excluding hydrogens is 258 g/mol. The van der Waals surface area contributed by atoms with Gasteiger partial charge in [0, 0.05) is 25.9 Å². The normalized spacial score (nSPS) is 10.3. The maximum absolute atomic E-state index is 11.9. The second-order valence-corrected chi connectivity index (χ2v) is 4.23. The number of aliphatic hydroxyl groups excluding tert-OH is 1. The van der Waals surface area contributed by atoms with E-state index in [1.807, 2.05) is 11.0 Å². The van der Waals surface area contributed by atoms with Gasteiger partial charge in [0.1, 0.15) is 0 Å². The molecular formula is C14H19N3O3. The fraction of sp³-hybridized carbons (Fsp3) is 0.429. The van der Waals surface area contributed by atoms with Gasteiger partial charge in [-0.15, -0.1) is 0 Å². The number of hydrogen-bond acceptors (Lipinski definition) is 5. The maximum atomic E-state index is 11.9. The number of carbonyl (C=O) groups is 1. The van der Waals surface area contributed by atoms with E-state index in [2.05, 4.69) is 5.32 Å². The summed E-state index contributed by atoms with van der Waals surface area (Å²) in [6.07, 6.45) is 0. The molecule has 0 saturated heterocycles. The van der Waals surface area contributed by atoms with Crippen molar-refractivity contribution in [3.63, 3.8) is 0 Å². The van der Waals surface area contributed by atoms with E-state index in [0.29, 0.717) is 30.9 Å². The van der Waals surface area contributed by atoms with E-state index in [1.165, 1.54) is 0 Å². The number of amides is 1. The molecule has 0 aliphatic carbocycles. The standard InChI is InChI=1S/C14H19N3O3/c1-20-9-7-17(6-8-18)11-14(19)16-13-4-2-12(10-15)3-5-13/h2-5,18H,6-9,11H2,1H3,(H,16,19). The lowest BCUT2D eigenvalue weighted by molar-refractivity contribution is -0.117. The van der Waals surface area contributed by atoms with E-state index in [4.69, 9.17) is 15.1 Å². The summed E-state index contributed by atoms with van der Waals surface area (Å²) in [5, 5.41) is 20.4. The number of rotatable bonds is 8. The minimum atomic E-state index is -0.167. The van der Waals surface area contributed by atoms with E-state index in [-0.39, 0.29) is 19.1 Å². The van der Waals surface area contributed by atoms with Crippen molar-refractivity contribution in [1.29, 1.82) is 5.26 Å². The summed E-state index contributed by atoms with van der Waals surface area (Å²) in [6.45, 7) is 1.68. The highest BCUT2D eigenvalue weighted by Gasteiger charge is 2.10. The van der Waals surface area contributed by atoms with Gasteiger partial charge in [-0.25, -0.2) is 0 Å². The first-order valence-electron chi connectivity index (χ1n) is 6.31.